The molecule has 2 N–H and O–H groups in total. The Labute approximate surface area is 90.9 Å². The monoisotopic (exact) mass is 228 g/mol. The molecular formula is C10H10ClFN2O. The van der Waals surface area contributed by atoms with Crippen LogP contribution in [-0.2, 0) is 5.60 Å². The highest BCUT2D eigenvalue weighted by molar-refractivity contribution is 6.31. The van der Waals surface area contributed by atoms with Crippen LogP contribution in [0.2, 0.25) is 5.02 Å². The number of rotatable bonds is 1. The van der Waals surface area contributed by atoms with Crippen LogP contribution in [0.4, 0.5) is 4.39 Å². The lowest BCUT2D eigenvalue weighted by atomic mass is 10.1. The van der Waals surface area contributed by atoms with Crippen molar-refractivity contribution in [3.63, 3.8) is 0 Å². The highest BCUT2D eigenvalue weighted by Gasteiger charge is 2.20. The SMILES string of the molecule is CC(C)(O)c1nc2cc(Cl)c(F)cc2[nH]1. The molecule has 15 heavy (non-hydrogen) atoms. The molecule has 80 valence electrons. The Hall–Kier alpha value is -1.13. The normalized spacial score (nSPS) is 12.3. The van der Waals surface area contributed by atoms with Crippen LogP contribution < -0.4 is 0 Å². The van der Waals surface area contributed by atoms with E-state index >= 15 is 0 Å². The lowest BCUT2D eigenvalue weighted by Crippen LogP contribution is -2.17. The maximum absolute atomic E-state index is 13.1. The van der Waals surface area contributed by atoms with Gasteiger partial charge >= 0.3 is 0 Å². The van der Waals surface area contributed by atoms with Gasteiger partial charge in [0.15, 0.2) is 0 Å². The van der Waals surface area contributed by atoms with Crippen molar-refractivity contribution in [3.05, 3.63) is 28.8 Å². The molecule has 0 aliphatic rings. The molecule has 0 bridgehead atoms. The van der Waals surface area contributed by atoms with Crippen LogP contribution >= 0.6 is 11.6 Å². The van der Waals surface area contributed by atoms with E-state index in [1.807, 2.05) is 0 Å². The zero-order valence-electron chi connectivity index (χ0n) is 8.31. The first kappa shape index (κ1) is 10.4. The molecule has 0 aliphatic carbocycles. The zero-order chi connectivity index (χ0) is 11.2. The largest absolute Gasteiger partial charge is 0.383 e. The summed E-state index contributed by atoms with van der Waals surface area (Å²) < 4.78 is 13.1. The third-order valence-electron chi connectivity index (χ3n) is 2.10. The molecule has 0 aliphatic heterocycles. The number of halogens is 2. The van der Waals surface area contributed by atoms with Gasteiger partial charge < -0.3 is 10.1 Å². The van der Waals surface area contributed by atoms with Crippen molar-refractivity contribution in [2.45, 2.75) is 19.4 Å². The van der Waals surface area contributed by atoms with Crippen LogP contribution in [0.3, 0.4) is 0 Å². The molecule has 5 heteroatoms. The predicted octanol–water partition coefficient (Wildman–Crippen LogP) is 2.58. The summed E-state index contributed by atoms with van der Waals surface area (Å²) in [7, 11) is 0. The first-order valence-electron chi connectivity index (χ1n) is 4.45. The molecule has 0 amide bonds. The highest BCUT2D eigenvalue weighted by atomic mass is 35.5. The Morgan fingerprint density at radius 3 is 2.73 bits per heavy atom. The van der Waals surface area contributed by atoms with Crippen molar-refractivity contribution in [3.8, 4) is 0 Å². The van der Waals surface area contributed by atoms with E-state index in [9.17, 15) is 9.50 Å². The molecule has 0 unspecified atom stereocenters. The fourth-order valence-electron chi connectivity index (χ4n) is 1.29. The van der Waals surface area contributed by atoms with E-state index in [0.29, 0.717) is 16.9 Å². The number of aromatic nitrogens is 2. The number of hydrogen-bond acceptors (Lipinski definition) is 2. The third kappa shape index (κ3) is 1.82. The number of benzene rings is 1. The second kappa shape index (κ2) is 3.18. The summed E-state index contributed by atoms with van der Waals surface area (Å²) in [4.78, 5) is 6.97. The Balaban J connectivity index is 2.66. The summed E-state index contributed by atoms with van der Waals surface area (Å²) in [5, 5.41) is 9.73. The molecule has 3 nitrogen and oxygen atoms in total. The van der Waals surface area contributed by atoms with Crippen LogP contribution in [0.5, 0.6) is 0 Å². The third-order valence-corrected chi connectivity index (χ3v) is 2.39. The quantitative estimate of drug-likeness (QED) is 0.788. The van der Waals surface area contributed by atoms with Crippen LogP contribution in [-0.4, -0.2) is 15.1 Å². The predicted molar refractivity (Wildman–Crippen MR) is 56.3 cm³/mol. The first-order valence-corrected chi connectivity index (χ1v) is 4.83. The second-order valence-electron chi connectivity index (χ2n) is 3.93. The molecule has 0 saturated heterocycles. The summed E-state index contributed by atoms with van der Waals surface area (Å²) in [6.45, 7) is 3.20. The van der Waals surface area contributed by atoms with Gasteiger partial charge in [-0.25, -0.2) is 9.37 Å². The molecular weight excluding hydrogens is 219 g/mol. The smallest absolute Gasteiger partial charge is 0.144 e. The summed E-state index contributed by atoms with van der Waals surface area (Å²) in [5.74, 6) is -0.116. The minimum absolute atomic E-state index is 0.0243. The van der Waals surface area contributed by atoms with E-state index in [2.05, 4.69) is 9.97 Å². The Morgan fingerprint density at radius 2 is 2.13 bits per heavy atom. The van der Waals surface area contributed by atoms with Crippen molar-refractivity contribution < 1.29 is 9.50 Å². The topological polar surface area (TPSA) is 48.9 Å². The van der Waals surface area contributed by atoms with Crippen molar-refractivity contribution in [1.29, 1.82) is 0 Å². The molecule has 1 heterocycles. The molecule has 0 radical (unpaired) electrons. The van der Waals surface area contributed by atoms with Crippen LogP contribution in [0.15, 0.2) is 12.1 Å². The van der Waals surface area contributed by atoms with E-state index in [-0.39, 0.29) is 5.02 Å². The highest BCUT2D eigenvalue weighted by Crippen LogP contribution is 2.24. The lowest BCUT2D eigenvalue weighted by molar-refractivity contribution is 0.0700. The fraction of sp³-hybridized carbons (Fsp3) is 0.300. The number of H-pyrrole nitrogens is 1. The summed E-state index contributed by atoms with van der Waals surface area (Å²) in [6, 6.07) is 2.69. The Bertz CT molecular complexity index is 477. The van der Waals surface area contributed by atoms with Gasteiger partial charge in [0.25, 0.3) is 0 Å². The number of nitrogens with zero attached hydrogens (tertiary/aromatic N) is 1. The van der Waals surface area contributed by atoms with Gasteiger partial charge in [-0.2, -0.15) is 0 Å². The number of aromatic amines is 1. The van der Waals surface area contributed by atoms with Crippen molar-refractivity contribution in [2.24, 2.45) is 0 Å². The number of aliphatic hydroxyl groups is 1. The van der Waals surface area contributed by atoms with Gasteiger partial charge in [-0.15, -0.1) is 0 Å². The summed E-state index contributed by atoms with van der Waals surface area (Å²) in [6.07, 6.45) is 0. The van der Waals surface area contributed by atoms with Gasteiger partial charge in [-0.3, -0.25) is 0 Å². The van der Waals surface area contributed by atoms with Gasteiger partial charge in [0.1, 0.15) is 17.2 Å². The number of imidazole rings is 1. The molecule has 1 aromatic carbocycles. The molecule has 2 rings (SSSR count). The van der Waals surface area contributed by atoms with Crippen LogP contribution in [0.25, 0.3) is 11.0 Å². The van der Waals surface area contributed by atoms with E-state index < -0.39 is 11.4 Å². The summed E-state index contributed by atoms with van der Waals surface area (Å²) >= 11 is 5.62. The minimum Gasteiger partial charge on any atom is -0.383 e. The summed E-state index contributed by atoms with van der Waals surface area (Å²) in [5.41, 5.74) is -0.0188. The van der Waals surface area contributed by atoms with E-state index in [1.165, 1.54) is 12.1 Å². The van der Waals surface area contributed by atoms with Crippen LogP contribution in [0.1, 0.15) is 19.7 Å². The van der Waals surface area contributed by atoms with Crippen molar-refractivity contribution in [2.75, 3.05) is 0 Å². The number of nitrogens with one attached hydrogen (secondary N) is 1. The standard InChI is InChI=1S/C10H10ClFN2O/c1-10(2,15)9-13-7-3-5(11)6(12)4-8(7)14-9/h3-4,15H,1-2H3,(H,13,14). The van der Waals surface area contributed by atoms with Gasteiger partial charge in [0.05, 0.1) is 16.1 Å². The number of hydrogen-bond donors (Lipinski definition) is 2. The minimum atomic E-state index is -1.08. The zero-order valence-corrected chi connectivity index (χ0v) is 9.06. The van der Waals surface area contributed by atoms with E-state index in [0.717, 1.165) is 0 Å². The molecule has 0 atom stereocenters. The number of fused-ring (bicyclic) bond motifs is 1. The lowest BCUT2D eigenvalue weighted by Gasteiger charge is -2.12. The Morgan fingerprint density at radius 1 is 1.47 bits per heavy atom. The Kier molecular flexibility index (Phi) is 2.20. The van der Waals surface area contributed by atoms with Crippen LogP contribution in [0, 0.1) is 5.82 Å². The van der Waals surface area contributed by atoms with E-state index in [1.54, 1.807) is 13.8 Å². The van der Waals surface area contributed by atoms with Crippen molar-refractivity contribution in [1.82, 2.24) is 9.97 Å². The molecule has 1 aromatic heterocycles. The second-order valence-corrected chi connectivity index (χ2v) is 4.34. The van der Waals surface area contributed by atoms with Gasteiger partial charge in [-0.1, -0.05) is 11.6 Å². The first-order chi connectivity index (χ1) is 6.88. The van der Waals surface area contributed by atoms with Crippen molar-refractivity contribution >= 4 is 22.6 Å². The van der Waals surface area contributed by atoms with Gasteiger partial charge in [0.2, 0.25) is 0 Å². The van der Waals surface area contributed by atoms with E-state index in [4.69, 9.17) is 11.6 Å². The van der Waals surface area contributed by atoms with Gasteiger partial charge in [-0.05, 0) is 19.9 Å². The molecule has 0 saturated carbocycles. The van der Waals surface area contributed by atoms with Gasteiger partial charge in [0, 0.05) is 6.07 Å². The average Bonchev–Trinajstić information content (AvgIpc) is 2.47. The average molecular weight is 229 g/mol. The molecule has 2 aromatic rings. The molecule has 0 fully saturated rings. The fourth-order valence-corrected chi connectivity index (χ4v) is 1.45. The maximum atomic E-state index is 13.1. The molecule has 0 spiro atoms. The maximum Gasteiger partial charge on any atom is 0.144 e.